The normalized spacial score (nSPS) is 11.0. The van der Waals surface area contributed by atoms with Crippen LogP contribution in [0.25, 0.3) is 5.65 Å². The Morgan fingerprint density at radius 1 is 1.10 bits per heavy atom. The molecular formula is C12H6Cl3FN4. The van der Waals surface area contributed by atoms with Crippen molar-refractivity contribution in [3.05, 3.63) is 51.5 Å². The van der Waals surface area contributed by atoms with Gasteiger partial charge in [-0.1, -0.05) is 34.8 Å². The van der Waals surface area contributed by atoms with Gasteiger partial charge in [-0.15, -0.1) is 0 Å². The summed E-state index contributed by atoms with van der Waals surface area (Å²) in [6.07, 6.45) is 1.46. The molecule has 0 spiro atoms. The second-order valence-electron chi connectivity index (χ2n) is 3.95. The molecule has 2 heterocycles. The Hall–Kier alpha value is -1.56. The molecule has 1 N–H and O–H groups in total. The van der Waals surface area contributed by atoms with Crippen molar-refractivity contribution in [1.82, 2.24) is 14.6 Å². The first kappa shape index (κ1) is 13.4. The second-order valence-corrected chi connectivity index (χ2v) is 5.15. The molecule has 0 saturated heterocycles. The standard InChI is InChI=1S/C12H6Cl3FN4/c13-7-3-6(1-2-9(7)16)18-11-4-10(15)19-12-8(14)5-17-20(11)12/h1-5,18H. The Morgan fingerprint density at radius 2 is 1.90 bits per heavy atom. The molecule has 102 valence electrons. The molecule has 0 unspecified atom stereocenters. The summed E-state index contributed by atoms with van der Waals surface area (Å²) >= 11 is 17.6. The number of halogens is 4. The smallest absolute Gasteiger partial charge is 0.177 e. The van der Waals surface area contributed by atoms with Crippen molar-refractivity contribution in [3.8, 4) is 0 Å². The molecule has 3 aromatic rings. The van der Waals surface area contributed by atoms with Crippen LogP contribution in [0.3, 0.4) is 0 Å². The van der Waals surface area contributed by atoms with Gasteiger partial charge in [-0.3, -0.25) is 0 Å². The van der Waals surface area contributed by atoms with Crippen molar-refractivity contribution in [2.45, 2.75) is 0 Å². The van der Waals surface area contributed by atoms with Crippen molar-refractivity contribution in [2.75, 3.05) is 5.32 Å². The predicted octanol–water partition coefficient (Wildman–Crippen LogP) is 4.57. The number of rotatable bonds is 2. The first-order valence-corrected chi connectivity index (χ1v) is 6.60. The Labute approximate surface area is 128 Å². The molecule has 0 aliphatic heterocycles. The Morgan fingerprint density at radius 3 is 2.65 bits per heavy atom. The summed E-state index contributed by atoms with van der Waals surface area (Å²) in [5.41, 5.74) is 1.02. The second kappa shape index (κ2) is 5.09. The molecule has 0 bridgehead atoms. The predicted molar refractivity (Wildman–Crippen MR) is 77.7 cm³/mol. The molecule has 8 heteroatoms. The third-order valence-electron chi connectivity index (χ3n) is 2.59. The van der Waals surface area contributed by atoms with Gasteiger partial charge in [0, 0.05) is 11.8 Å². The van der Waals surface area contributed by atoms with Crippen LogP contribution in [-0.4, -0.2) is 14.6 Å². The van der Waals surface area contributed by atoms with E-state index in [2.05, 4.69) is 15.4 Å². The SMILES string of the molecule is Fc1ccc(Nc2cc(Cl)nc3c(Cl)cnn23)cc1Cl. The summed E-state index contributed by atoms with van der Waals surface area (Å²) in [7, 11) is 0. The average molecular weight is 332 g/mol. The maximum absolute atomic E-state index is 13.1. The number of nitrogens with zero attached hydrogens (tertiary/aromatic N) is 3. The number of nitrogens with one attached hydrogen (secondary N) is 1. The number of aromatic nitrogens is 3. The molecular weight excluding hydrogens is 326 g/mol. The van der Waals surface area contributed by atoms with Gasteiger partial charge in [0.15, 0.2) is 5.65 Å². The number of hydrogen-bond acceptors (Lipinski definition) is 3. The lowest BCUT2D eigenvalue weighted by Crippen LogP contribution is -2.01. The third kappa shape index (κ3) is 2.40. The van der Waals surface area contributed by atoms with Crippen LogP contribution in [0.15, 0.2) is 30.5 Å². The quantitative estimate of drug-likeness (QED) is 0.699. The van der Waals surface area contributed by atoms with Crippen molar-refractivity contribution in [3.63, 3.8) is 0 Å². The number of anilines is 2. The van der Waals surface area contributed by atoms with Crippen LogP contribution in [-0.2, 0) is 0 Å². The molecule has 0 aliphatic rings. The van der Waals surface area contributed by atoms with Gasteiger partial charge in [0.2, 0.25) is 0 Å². The van der Waals surface area contributed by atoms with Crippen LogP contribution >= 0.6 is 34.8 Å². The minimum Gasteiger partial charge on any atom is -0.340 e. The zero-order valence-corrected chi connectivity index (χ0v) is 12.0. The third-order valence-corrected chi connectivity index (χ3v) is 3.34. The van der Waals surface area contributed by atoms with E-state index in [0.29, 0.717) is 22.2 Å². The zero-order chi connectivity index (χ0) is 14.3. The van der Waals surface area contributed by atoms with E-state index in [9.17, 15) is 4.39 Å². The molecule has 0 aliphatic carbocycles. The van der Waals surface area contributed by atoms with Gasteiger partial charge in [0.05, 0.1) is 11.2 Å². The molecule has 1 aromatic carbocycles. The largest absolute Gasteiger partial charge is 0.340 e. The van der Waals surface area contributed by atoms with Crippen molar-refractivity contribution < 1.29 is 4.39 Å². The lowest BCUT2D eigenvalue weighted by Gasteiger charge is -2.09. The van der Waals surface area contributed by atoms with E-state index in [1.165, 1.54) is 22.8 Å². The highest BCUT2D eigenvalue weighted by Crippen LogP contribution is 2.26. The molecule has 0 radical (unpaired) electrons. The van der Waals surface area contributed by atoms with E-state index in [-0.39, 0.29) is 10.2 Å². The van der Waals surface area contributed by atoms with Crippen LogP contribution < -0.4 is 5.32 Å². The summed E-state index contributed by atoms with van der Waals surface area (Å²) in [5.74, 6) is 0.0480. The molecule has 0 atom stereocenters. The van der Waals surface area contributed by atoms with E-state index in [0.717, 1.165) is 0 Å². The topological polar surface area (TPSA) is 42.2 Å². The van der Waals surface area contributed by atoms with Crippen LogP contribution in [0.2, 0.25) is 15.2 Å². The highest BCUT2D eigenvalue weighted by atomic mass is 35.5. The van der Waals surface area contributed by atoms with Gasteiger partial charge in [0.25, 0.3) is 0 Å². The van der Waals surface area contributed by atoms with Gasteiger partial charge in [-0.25, -0.2) is 9.37 Å². The summed E-state index contributed by atoms with van der Waals surface area (Å²) in [6, 6.07) is 5.85. The Bertz CT molecular complexity index is 803. The number of fused-ring (bicyclic) bond motifs is 1. The summed E-state index contributed by atoms with van der Waals surface area (Å²) in [4.78, 5) is 4.08. The Kier molecular flexibility index (Phi) is 3.41. The first-order chi connectivity index (χ1) is 9.54. The maximum Gasteiger partial charge on any atom is 0.177 e. The molecule has 20 heavy (non-hydrogen) atoms. The lowest BCUT2D eigenvalue weighted by atomic mass is 10.3. The van der Waals surface area contributed by atoms with Gasteiger partial charge >= 0.3 is 0 Å². The molecule has 3 rings (SSSR count). The molecule has 2 aromatic heterocycles. The molecule has 4 nitrogen and oxygen atoms in total. The minimum absolute atomic E-state index is 0.0184. The van der Waals surface area contributed by atoms with Crippen LogP contribution in [0, 0.1) is 5.82 Å². The van der Waals surface area contributed by atoms with Crippen molar-refractivity contribution >= 4 is 52.0 Å². The van der Waals surface area contributed by atoms with Gasteiger partial charge in [-0.2, -0.15) is 9.61 Å². The highest BCUT2D eigenvalue weighted by molar-refractivity contribution is 6.34. The number of hydrogen-bond donors (Lipinski definition) is 1. The van der Waals surface area contributed by atoms with E-state index >= 15 is 0 Å². The monoisotopic (exact) mass is 330 g/mol. The fourth-order valence-electron chi connectivity index (χ4n) is 1.72. The average Bonchev–Trinajstić information content (AvgIpc) is 2.76. The van der Waals surface area contributed by atoms with E-state index in [1.54, 1.807) is 12.1 Å². The van der Waals surface area contributed by atoms with Crippen LogP contribution in [0.5, 0.6) is 0 Å². The summed E-state index contributed by atoms with van der Waals surface area (Å²) in [6.45, 7) is 0. The highest BCUT2D eigenvalue weighted by Gasteiger charge is 2.10. The van der Waals surface area contributed by atoms with Crippen molar-refractivity contribution in [2.24, 2.45) is 0 Å². The molecule has 0 saturated carbocycles. The van der Waals surface area contributed by atoms with Gasteiger partial charge in [-0.05, 0) is 18.2 Å². The fraction of sp³-hybridized carbons (Fsp3) is 0. The van der Waals surface area contributed by atoms with Gasteiger partial charge in [0.1, 0.15) is 21.8 Å². The Balaban J connectivity index is 2.08. The molecule has 0 fully saturated rings. The van der Waals surface area contributed by atoms with E-state index in [4.69, 9.17) is 34.8 Å². The summed E-state index contributed by atoms with van der Waals surface area (Å²) < 4.78 is 14.6. The van der Waals surface area contributed by atoms with Crippen molar-refractivity contribution in [1.29, 1.82) is 0 Å². The number of benzene rings is 1. The first-order valence-electron chi connectivity index (χ1n) is 5.46. The summed E-state index contributed by atoms with van der Waals surface area (Å²) in [5, 5.41) is 7.79. The van der Waals surface area contributed by atoms with E-state index in [1.807, 2.05) is 0 Å². The lowest BCUT2D eigenvalue weighted by molar-refractivity contribution is 0.628. The minimum atomic E-state index is -0.489. The van der Waals surface area contributed by atoms with Crippen LogP contribution in [0.1, 0.15) is 0 Å². The fourth-order valence-corrected chi connectivity index (χ4v) is 2.25. The maximum atomic E-state index is 13.1. The molecule has 0 amide bonds. The van der Waals surface area contributed by atoms with Gasteiger partial charge < -0.3 is 5.32 Å². The van der Waals surface area contributed by atoms with Crippen LogP contribution in [0.4, 0.5) is 15.9 Å². The van der Waals surface area contributed by atoms with E-state index < -0.39 is 5.82 Å². The zero-order valence-electron chi connectivity index (χ0n) is 9.74.